The fourth-order valence-corrected chi connectivity index (χ4v) is 4.48. The molecule has 0 bridgehead atoms. The van der Waals surface area contributed by atoms with Crippen molar-refractivity contribution in [1.82, 2.24) is 5.32 Å². The molecule has 0 amide bonds. The van der Waals surface area contributed by atoms with Crippen LogP contribution in [0.25, 0.3) is 0 Å². The minimum absolute atomic E-state index is 0.518. The van der Waals surface area contributed by atoms with Gasteiger partial charge in [-0.2, -0.15) is 0 Å². The normalized spacial score (nSPS) is 40.8. The molecule has 2 aliphatic rings. The summed E-state index contributed by atoms with van der Waals surface area (Å²) in [5, 5.41) is 3.84. The van der Waals surface area contributed by atoms with Crippen molar-refractivity contribution in [3.63, 3.8) is 0 Å². The van der Waals surface area contributed by atoms with Gasteiger partial charge >= 0.3 is 0 Å². The molecule has 0 radical (unpaired) electrons. The molecule has 0 aromatic carbocycles. The molecule has 1 N–H and O–H groups in total. The Morgan fingerprint density at radius 1 is 1.12 bits per heavy atom. The summed E-state index contributed by atoms with van der Waals surface area (Å²) in [6.07, 6.45) is 9.15. The summed E-state index contributed by atoms with van der Waals surface area (Å²) in [4.78, 5) is 0. The molecule has 2 unspecified atom stereocenters. The fraction of sp³-hybridized carbons (Fsp3) is 1.00. The molecule has 1 aliphatic heterocycles. The van der Waals surface area contributed by atoms with Crippen LogP contribution in [0.3, 0.4) is 0 Å². The Balaban J connectivity index is 1.80. The van der Waals surface area contributed by atoms with E-state index in [0.29, 0.717) is 6.04 Å². The first kappa shape index (κ1) is 12.6. The van der Waals surface area contributed by atoms with Gasteiger partial charge < -0.3 is 5.32 Å². The minimum Gasteiger partial charge on any atom is -0.311 e. The lowest BCUT2D eigenvalue weighted by Crippen LogP contribution is -2.46. The average Bonchev–Trinajstić information content (AvgIpc) is 2.33. The maximum absolute atomic E-state index is 11.3. The quantitative estimate of drug-likeness (QED) is 0.825. The summed E-state index contributed by atoms with van der Waals surface area (Å²) in [6, 6.07) is 1.39. The maximum Gasteiger partial charge on any atom is 0.0249 e. The van der Waals surface area contributed by atoms with Gasteiger partial charge in [-0.1, -0.05) is 26.2 Å². The third kappa shape index (κ3) is 3.30. The molecule has 16 heavy (non-hydrogen) atoms. The van der Waals surface area contributed by atoms with Crippen LogP contribution in [0.5, 0.6) is 0 Å². The molecule has 2 rings (SSSR count). The van der Waals surface area contributed by atoms with E-state index in [2.05, 4.69) is 12.2 Å². The Morgan fingerprint density at radius 3 is 2.50 bits per heavy atom. The molecule has 2 atom stereocenters. The Kier molecular flexibility index (Phi) is 4.83. The molecule has 1 aliphatic carbocycles. The van der Waals surface area contributed by atoms with E-state index in [-0.39, 0.29) is 0 Å². The SMILES string of the molecule is CCC1CCCCC1NC1CCS(=O)CC1. The standard InChI is InChI=1S/C13H25NOS/c1-2-11-5-3-4-6-13(11)14-12-7-9-16(15)10-8-12/h11-14H,2-10H2,1H3. The molecule has 1 saturated heterocycles. The first-order valence-corrected chi connectivity index (χ1v) is 8.39. The van der Waals surface area contributed by atoms with Crippen LogP contribution in [0.2, 0.25) is 0 Å². The van der Waals surface area contributed by atoms with E-state index < -0.39 is 10.8 Å². The van der Waals surface area contributed by atoms with Crippen molar-refractivity contribution in [3.8, 4) is 0 Å². The van der Waals surface area contributed by atoms with E-state index in [9.17, 15) is 4.21 Å². The van der Waals surface area contributed by atoms with Gasteiger partial charge in [0.15, 0.2) is 0 Å². The van der Waals surface area contributed by atoms with Gasteiger partial charge in [-0.05, 0) is 31.6 Å². The number of hydrogen-bond acceptors (Lipinski definition) is 2. The first-order chi connectivity index (χ1) is 7.79. The molecule has 0 aromatic heterocycles. The summed E-state index contributed by atoms with van der Waals surface area (Å²) in [5.74, 6) is 2.73. The molecule has 2 nitrogen and oxygen atoms in total. The van der Waals surface area contributed by atoms with Crippen LogP contribution in [0.15, 0.2) is 0 Å². The largest absolute Gasteiger partial charge is 0.311 e. The van der Waals surface area contributed by atoms with Crippen LogP contribution in [0.4, 0.5) is 0 Å². The molecule has 1 saturated carbocycles. The Labute approximate surface area is 102 Å². The highest BCUT2D eigenvalue weighted by Crippen LogP contribution is 2.27. The van der Waals surface area contributed by atoms with Gasteiger partial charge in [0.25, 0.3) is 0 Å². The molecular formula is C13H25NOS. The molecule has 2 fully saturated rings. The van der Waals surface area contributed by atoms with E-state index in [4.69, 9.17) is 0 Å². The van der Waals surface area contributed by atoms with Crippen molar-refractivity contribution < 1.29 is 4.21 Å². The monoisotopic (exact) mass is 243 g/mol. The molecule has 3 heteroatoms. The zero-order valence-electron chi connectivity index (χ0n) is 10.4. The zero-order valence-corrected chi connectivity index (χ0v) is 11.2. The van der Waals surface area contributed by atoms with E-state index in [1.54, 1.807) is 0 Å². The van der Waals surface area contributed by atoms with Crippen molar-refractivity contribution >= 4 is 10.8 Å². The van der Waals surface area contributed by atoms with Gasteiger partial charge in [0.05, 0.1) is 0 Å². The number of hydrogen-bond donors (Lipinski definition) is 1. The molecule has 0 spiro atoms. The molecule has 1 heterocycles. The van der Waals surface area contributed by atoms with Crippen LogP contribution in [-0.4, -0.2) is 27.8 Å². The summed E-state index contributed by atoms with van der Waals surface area (Å²) in [7, 11) is -0.518. The van der Waals surface area contributed by atoms with Crippen LogP contribution in [-0.2, 0) is 10.8 Å². The summed E-state index contributed by atoms with van der Waals surface area (Å²) < 4.78 is 11.3. The van der Waals surface area contributed by atoms with Crippen LogP contribution in [0.1, 0.15) is 51.9 Å². The van der Waals surface area contributed by atoms with Crippen LogP contribution >= 0.6 is 0 Å². The van der Waals surface area contributed by atoms with E-state index >= 15 is 0 Å². The average molecular weight is 243 g/mol. The van der Waals surface area contributed by atoms with Gasteiger partial charge in [0.1, 0.15) is 0 Å². The second-order valence-corrected chi connectivity index (χ2v) is 7.04. The Bertz CT molecular complexity index is 234. The summed E-state index contributed by atoms with van der Waals surface area (Å²) in [6.45, 7) is 2.32. The first-order valence-electron chi connectivity index (χ1n) is 6.90. The summed E-state index contributed by atoms with van der Waals surface area (Å²) >= 11 is 0. The molecule has 94 valence electrons. The van der Waals surface area contributed by atoms with Crippen LogP contribution < -0.4 is 5.32 Å². The molecular weight excluding hydrogens is 218 g/mol. The van der Waals surface area contributed by atoms with Gasteiger partial charge in [-0.3, -0.25) is 4.21 Å². The van der Waals surface area contributed by atoms with Crippen molar-refractivity contribution in [3.05, 3.63) is 0 Å². The zero-order chi connectivity index (χ0) is 11.4. The van der Waals surface area contributed by atoms with Crippen molar-refractivity contribution in [2.45, 2.75) is 64.0 Å². The van der Waals surface area contributed by atoms with E-state index in [1.165, 1.54) is 32.1 Å². The second kappa shape index (κ2) is 6.15. The predicted molar refractivity (Wildman–Crippen MR) is 70.1 cm³/mol. The Hall–Kier alpha value is 0.110. The topological polar surface area (TPSA) is 29.1 Å². The highest BCUT2D eigenvalue weighted by atomic mass is 32.2. The third-order valence-electron chi connectivity index (χ3n) is 4.27. The predicted octanol–water partition coefficient (Wildman–Crippen LogP) is 2.46. The maximum atomic E-state index is 11.3. The van der Waals surface area contributed by atoms with Crippen LogP contribution in [0, 0.1) is 5.92 Å². The molecule has 0 aromatic rings. The number of rotatable bonds is 3. The van der Waals surface area contributed by atoms with Crippen molar-refractivity contribution in [2.75, 3.05) is 11.5 Å². The van der Waals surface area contributed by atoms with E-state index in [0.717, 1.165) is 36.3 Å². The van der Waals surface area contributed by atoms with Gasteiger partial charge in [0, 0.05) is 34.4 Å². The van der Waals surface area contributed by atoms with Gasteiger partial charge in [-0.25, -0.2) is 0 Å². The summed E-state index contributed by atoms with van der Waals surface area (Å²) in [5.41, 5.74) is 0. The fourth-order valence-electron chi connectivity index (χ4n) is 3.18. The van der Waals surface area contributed by atoms with Gasteiger partial charge in [0.2, 0.25) is 0 Å². The highest BCUT2D eigenvalue weighted by molar-refractivity contribution is 7.85. The van der Waals surface area contributed by atoms with Crippen molar-refractivity contribution in [2.24, 2.45) is 5.92 Å². The van der Waals surface area contributed by atoms with Crippen molar-refractivity contribution in [1.29, 1.82) is 0 Å². The smallest absolute Gasteiger partial charge is 0.0249 e. The third-order valence-corrected chi connectivity index (χ3v) is 5.65. The Morgan fingerprint density at radius 2 is 1.81 bits per heavy atom. The minimum atomic E-state index is -0.518. The lowest BCUT2D eigenvalue weighted by molar-refractivity contribution is 0.231. The number of nitrogens with one attached hydrogen (secondary N) is 1. The lowest BCUT2D eigenvalue weighted by atomic mass is 9.82. The second-order valence-electron chi connectivity index (χ2n) is 5.35. The van der Waals surface area contributed by atoms with E-state index in [1.807, 2.05) is 0 Å². The van der Waals surface area contributed by atoms with Gasteiger partial charge in [-0.15, -0.1) is 0 Å². The lowest BCUT2D eigenvalue weighted by Gasteiger charge is -2.36. The highest BCUT2D eigenvalue weighted by Gasteiger charge is 2.27.